The summed E-state index contributed by atoms with van der Waals surface area (Å²) in [5.74, 6) is 2.01. The van der Waals surface area contributed by atoms with Crippen molar-refractivity contribution in [1.82, 2.24) is 24.6 Å². The zero-order valence-corrected chi connectivity index (χ0v) is 13.3. The number of likely N-dealkylation sites (N-methyl/N-ethyl adjacent to an activating group) is 1. The van der Waals surface area contributed by atoms with Crippen molar-refractivity contribution in [3.05, 3.63) is 11.6 Å². The molecule has 1 aromatic heterocycles. The van der Waals surface area contributed by atoms with Gasteiger partial charge >= 0.3 is 0 Å². The molecule has 6 heteroatoms. The number of hydrogen-bond donors (Lipinski definition) is 0. The molecule has 1 aromatic rings. The standard InChI is InChI=1S/C14H25N5O/c1-10-15-16-12(18(10)6)9-17(5)11-7-8-19(13(11)20)14(2,3)4/h11H,7-9H2,1-6H3/t11-/m0/s1. The quantitative estimate of drug-likeness (QED) is 0.827. The van der Waals surface area contributed by atoms with Gasteiger partial charge < -0.3 is 9.47 Å². The van der Waals surface area contributed by atoms with Gasteiger partial charge in [0.2, 0.25) is 5.91 Å². The molecule has 0 N–H and O–H groups in total. The van der Waals surface area contributed by atoms with Crippen LogP contribution in [0.4, 0.5) is 0 Å². The second-order valence-electron chi connectivity index (χ2n) is 6.60. The van der Waals surface area contributed by atoms with Crippen molar-refractivity contribution < 1.29 is 4.79 Å². The maximum absolute atomic E-state index is 12.5. The molecule has 0 bridgehead atoms. The van der Waals surface area contributed by atoms with E-state index in [9.17, 15) is 4.79 Å². The summed E-state index contributed by atoms with van der Waals surface area (Å²) in [6.45, 7) is 9.65. The monoisotopic (exact) mass is 279 g/mol. The summed E-state index contributed by atoms with van der Waals surface area (Å²) < 4.78 is 1.97. The first-order chi connectivity index (χ1) is 9.21. The van der Waals surface area contributed by atoms with Crippen LogP contribution in [0.3, 0.4) is 0 Å². The Hall–Kier alpha value is -1.43. The van der Waals surface area contributed by atoms with Crippen molar-refractivity contribution in [2.24, 2.45) is 7.05 Å². The van der Waals surface area contributed by atoms with Crippen LogP contribution in [0.5, 0.6) is 0 Å². The molecule has 2 rings (SSSR count). The van der Waals surface area contributed by atoms with Gasteiger partial charge in [-0.1, -0.05) is 0 Å². The van der Waals surface area contributed by atoms with E-state index in [1.807, 2.05) is 30.5 Å². The largest absolute Gasteiger partial charge is 0.336 e. The summed E-state index contributed by atoms with van der Waals surface area (Å²) in [6.07, 6.45) is 0.878. The van der Waals surface area contributed by atoms with Crippen molar-refractivity contribution in [2.45, 2.75) is 52.2 Å². The van der Waals surface area contributed by atoms with Gasteiger partial charge in [-0.25, -0.2) is 0 Å². The molecule has 2 heterocycles. The highest BCUT2D eigenvalue weighted by molar-refractivity contribution is 5.84. The van der Waals surface area contributed by atoms with Gasteiger partial charge in [-0.15, -0.1) is 10.2 Å². The van der Waals surface area contributed by atoms with Crippen LogP contribution in [0.15, 0.2) is 0 Å². The molecule has 0 aliphatic carbocycles. The molecule has 1 atom stereocenters. The number of hydrogen-bond acceptors (Lipinski definition) is 4. The van der Waals surface area contributed by atoms with Crippen LogP contribution in [0.25, 0.3) is 0 Å². The normalized spacial score (nSPS) is 20.2. The van der Waals surface area contributed by atoms with Gasteiger partial charge in [-0.2, -0.15) is 0 Å². The minimum Gasteiger partial charge on any atom is -0.336 e. The van der Waals surface area contributed by atoms with Crippen LogP contribution in [-0.4, -0.2) is 55.6 Å². The van der Waals surface area contributed by atoms with E-state index in [-0.39, 0.29) is 17.5 Å². The highest BCUT2D eigenvalue weighted by Crippen LogP contribution is 2.25. The molecule has 0 radical (unpaired) electrons. The average molecular weight is 279 g/mol. The molecule has 0 saturated carbocycles. The summed E-state index contributed by atoms with van der Waals surface area (Å²) in [4.78, 5) is 16.6. The Labute approximate surface area is 120 Å². The topological polar surface area (TPSA) is 54.3 Å². The van der Waals surface area contributed by atoms with E-state index in [1.54, 1.807) is 0 Å². The Morgan fingerprint density at radius 1 is 1.35 bits per heavy atom. The molecule has 20 heavy (non-hydrogen) atoms. The van der Waals surface area contributed by atoms with Gasteiger partial charge in [-0.05, 0) is 41.2 Å². The van der Waals surface area contributed by atoms with Crippen LogP contribution in [0.1, 0.15) is 38.8 Å². The zero-order valence-electron chi connectivity index (χ0n) is 13.3. The van der Waals surface area contributed by atoms with Crippen LogP contribution in [0.2, 0.25) is 0 Å². The van der Waals surface area contributed by atoms with Gasteiger partial charge in [0, 0.05) is 19.1 Å². The number of aryl methyl sites for hydroxylation is 1. The van der Waals surface area contributed by atoms with E-state index in [1.165, 1.54) is 0 Å². The average Bonchev–Trinajstić information content (AvgIpc) is 2.86. The van der Waals surface area contributed by atoms with E-state index in [2.05, 4.69) is 35.9 Å². The van der Waals surface area contributed by atoms with Crippen LogP contribution in [0, 0.1) is 6.92 Å². The molecular formula is C14H25N5O. The van der Waals surface area contributed by atoms with E-state index < -0.39 is 0 Å². The molecule has 1 saturated heterocycles. The molecule has 1 amide bonds. The summed E-state index contributed by atoms with van der Waals surface area (Å²) >= 11 is 0. The fourth-order valence-electron chi connectivity index (χ4n) is 2.66. The van der Waals surface area contributed by atoms with Gasteiger partial charge in [-0.3, -0.25) is 9.69 Å². The van der Waals surface area contributed by atoms with E-state index >= 15 is 0 Å². The molecule has 112 valence electrons. The lowest BCUT2D eigenvalue weighted by molar-refractivity contribution is -0.135. The van der Waals surface area contributed by atoms with E-state index in [0.29, 0.717) is 6.54 Å². The third-order valence-corrected chi connectivity index (χ3v) is 4.09. The van der Waals surface area contributed by atoms with Crippen molar-refractivity contribution in [3.63, 3.8) is 0 Å². The third kappa shape index (κ3) is 2.70. The Kier molecular flexibility index (Phi) is 3.86. The molecule has 6 nitrogen and oxygen atoms in total. The summed E-state index contributed by atoms with van der Waals surface area (Å²) in [7, 11) is 3.94. The second kappa shape index (κ2) is 5.16. The van der Waals surface area contributed by atoms with Crippen LogP contribution < -0.4 is 0 Å². The minimum absolute atomic E-state index is 0.0498. The lowest BCUT2D eigenvalue weighted by atomic mass is 10.1. The molecule has 1 fully saturated rings. The zero-order chi connectivity index (χ0) is 15.1. The predicted molar refractivity (Wildman–Crippen MR) is 77.1 cm³/mol. The number of carbonyl (C=O) groups is 1. The first-order valence-electron chi connectivity index (χ1n) is 7.08. The number of carbonyl (C=O) groups excluding carboxylic acids is 1. The predicted octanol–water partition coefficient (Wildman–Crippen LogP) is 0.955. The van der Waals surface area contributed by atoms with E-state index in [4.69, 9.17) is 0 Å². The number of nitrogens with zero attached hydrogens (tertiary/aromatic N) is 5. The molecule has 0 unspecified atom stereocenters. The fourth-order valence-corrected chi connectivity index (χ4v) is 2.66. The first-order valence-corrected chi connectivity index (χ1v) is 7.08. The maximum Gasteiger partial charge on any atom is 0.240 e. The Morgan fingerprint density at radius 2 is 2.00 bits per heavy atom. The SMILES string of the molecule is Cc1nnc(CN(C)[C@H]2CCN(C(C)(C)C)C2=O)n1C. The Bertz CT molecular complexity index is 502. The first kappa shape index (κ1) is 15.0. The number of aromatic nitrogens is 3. The lowest BCUT2D eigenvalue weighted by Gasteiger charge is -2.33. The minimum atomic E-state index is -0.103. The highest BCUT2D eigenvalue weighted by atomic mass is 16.2. The summed E-state index contributed by atoms with van der Waals surface area (Å²) in [5, 5.41) is 8.23. The van der Waals surface area contributed by atoms with Crippen molar-refractivity contribution >= 4 is 5.91 Å². The van der Waals surface area contributed by atoms with E-state index in [0.717, 1.165) is 24.6 Å². The van der Waals surface area contributed by atoms with Gasteiger partial charge in [0.1, 0.15) is 11.6 Å². The molecule has 1 aliphatic rings. The summed E-state index contributed by atoms with van der Waals surface area (Å²) in [5.41, 5.74) is -0.103. The Morgan fingerprint density at radius 3 is 2.45 bits per heavy atom. The Balaban J connectivity index is 2.06. The smallest absolute Gasteiger partial charge is 0.240 e. The lowest BCUT2D eigenvalue weighted by Crippen LogP contribution is -2.47. The summed E-state index contributed by atoms with van der Waals surface area (Å²) in [6, 6.07) is -0.0498. The molecule has 0 aromatic carbocycles. The van der Waals surface area contributed by atoms with Crippen LogP contribution in [-0.2, 0) is 18.4 Å². The van der Waals surface area contributed by atoms with Crippen molar-refractivity contribution in [1.29, 1.82) is 0 Å². The second-order valence-corrected chi connectivity index (χ2v) is 6.60. The molecular weight excluding hydrogens is 254 g/mol. The van der Waals surface area contributed by atoms with Gasteiger partial charge in [0.25, 0.3) is 0 Å². The van der Waals surface area contributed by atoms with Gasteiger partial charge in [0.05, 0.1) is 12.6 Å². The highest BCUT2D eigenvalue weighted by Gasteiger charge is 2.39. The molecule has 1 aliphatic heterocycles. The maximum atomic E-state index is 12.5. The number of rotatable bonds is 3. The third-order valence-electron chi connectivity index (χ3n) is 4.09. The molecule has 0 spiro atoms. The number of amides is 1. The van der Waals surface area contributed by atoms with Crippen molar-refractivity contribution in [2.75, 3.05) is 13.6 Å². The van der Waals surface area contributed by atoms with Crippen molar-refractivity contribution in [3.8, 4) is 0 Å². The number of likely N-dealkylation sites (tertiary alicyclic amines) is 1. The van der Waals surface area contributed by atoms with Gasteiger partial charge in [0.15, 0.2) is 0 Å². The van der Waals surface area contributed by atoms with Crippen LogP contribution >= 0.6 is 0 Å². The fraction of sp³-hybridized carbons (Fsp3) is 0.786.